The van der Waals surface area contributed by atoms with Crippen molar-refractivity contribution in [3.8, 4) is 0 Å². The van der Waals surface area contributed by atoms with Crippen molar-refractivity contribution in [2.24, 2.45) is 0 Å². The van der Waals surface area contributed by atoms with Gasteiger partial charge in [-0.05, 0) is 40.2 Å². The van der Waals surface area contributed by atoms with E-state index in [9.17, 15) is 13.2 Å². The Morgan fingerprint density at radius 2 is 2.32 bits per heavy atom. The van der Waals surface area contributed by atoms with Gasteiger partial charge in [-0.25, -0.2) is 12.7 Å². The molecule has 2 rings (SSSR count). The van der Waals surface area contributed by atoms with Crippen molar-refractivity contribution in [1.82, 2.24) is 9.62 Å². The normalized spacial score (nSPS) is 21.3. The minimum atomic E-state index is -3.18. The van der Waals surface area contributed by atoms with Crippen molar-refractivity contribution in [1.29, 1.82) is 0 Å². The van der Waals surface area contributed by atoms with E-state index in [2.05, 4.69) is 21.2 Å². The summed E-state index contributed by atoms with van der Waals surface area (Å²) >= 11 is 4.68. The summed E-state index contributed by atoms with van der Waals surface area (Å²) in [6.45, 7) is 0.890. The summed E-state index contributed by atoms with van der Waals surface area (Å²) < 4.78 is 25.2. The van der Waals surface area contributed by atoms with Crippen LogP contribution in [0.15, 0.2) is 15.9 Å². The molecule has 1 fully saturated rings. The lowest BCUT2D eigenvalue weighted by Gasteiger charge is -2.31. The Bertz CT molecular complexity index is 570. The number of sulfonamides is 1. The molecule has 1 N–H and O–H groups in total. The van der Waals surface area contributed by atoms with Crippen LogP contribution in [0, 0.1) is 0 Å². The summed E-state index contributed by atoms with van der Waals surface area (Å²) in [5.74, 6) is -0.151. The Morgan fingerprint density at radius 1 is 1.58 bits per heavy atom. The maximum absolute atomic E-state index is 12.1. The van der Waals surface area contributed by atoms with Gasteiger partial charge in [-0.1, -0.05) is 0 Å². The SMILES string of the molecule is CS(=O)(=O)N1CCCC(NC(=O)c2sccc2Br)C1. The average Bonchev–Trinajstić information content (AvgIpc) is 2.75. The fraction of sp³-hybridized carbons (Fsp3) is 0.545. The molecule has 1 saturated heterocycles. The van der Waals surface area contributed by atoms with E-state index in [0.29, 0.717) is 18.0 Å². The largest absolute Gasteiger partial charge is 0.347 e. The van der Waals surface area contributed by atoms with Crippen LogP contribution in [-0.4, -0.2) is 44.0 Å². The first-order valence-electron chi connectivity index (χ1n) is 5.87. The molecule has 1 aliphatic rings. The first kappa shape index (κ1) is 15.0. The number of piperidine rings is 1. The van der Waals surface area contributed by atoms with Gasteiger partial charge in [-0.3, -0.25) is 4.79 Å². The van der Waals surface area contributed by atoms with Gasteiger partial charge in [0.05, 0.1) is 6.26 Å². The zero-order valence-electron chi connectivity index (χ0n) is 10.4. The standard InChI is InChI=1S/C11H15BrN2O3S2/c1-19(16,17)14-5-2-3-8(7-14)13-11(15)10-9(12)4-6-18-10/h4,6,8H,2-3,5,7H2,1H3,(H,13,15). The number of amides is 1. The van der Waals surface area contributed by atoms with E-state index in [1.807, 2.05) is 11.4 Å². The molecule has 0 spiro atoms. The molecule has 0 aromatic carbocycles. The summed E-state index contributed by atoms with van der Waals surface area (Å²) in [4.78, 5) is 12.7. The second-order valence-corrected chi connectivity index (χ2v) is 8.28. The maximum atomic E-state index is 12.1. The fourth-order valence-corrected chi connectivity index (χ4v) is 4.43. The van der Waals surface area contributed by atoms with Crippen molar-refractivity contribution in [2.45, 2.75) is 18.9 Å². The second kappa shape index (κ2) is 5.90. The molecule has 106 valence electrons. The van der Waals surface area contributed by atoms with Crippen LogP contribution < -0.4 is 5.32 Å². The molecule has 8 heteroatoms. The number of nitrogens with zero attached hydrogens (tertiary/aromatic N) is 1. The third kappa shape index (κ3) is 3.77. The molecular weight excluding hydrogens is 352 g/mol. The van der Waals surface area contributed by atoms with Crippen molar-refractivity contribution < 1.29 is 13.2 Å². The first-order chi connectivity index (χ1) is 8.88. The minimum Gasteiger partial charge on any atom is -0.347 e. The third-order valence-electron chi connectivity index (χ3n) is 3.01. The second-order valence-electron chi connectivity index (χ2n) is 4.53. The highest BCUT2D eigenvalue weighted by Crippen LogP contribution is 2.23. The summed E-state index contributed by atoms with van der Waals surface area (Å²) in [7, 11) is -3.18. The van der Waals surface area contributed by atoms with Crippen molar-refractivity contribution in [2.75, 3.05) is 19.3 Å². The van der Waals surface area contributed by atoms with E-state index in [0.717, 1.165) is 17.3 Å². The molecule has 1 aromatic rings. The molecule has 1 aliphatic heterocycles. The lowest BCUT2D eigenvalue weighted by molar-refractivity contribution is 0.0925. The predicted octanol–water partition coefficient (Wildman–Crippen LogP) is 1.66. The van der Waals surface area contributed by atoms with Crippen LogP contribution >= 0.6 is 27.3 Å². The summed E-state index contributed by atoms with van der Waals surface area (Å²) in [5.41, 5.74) is 0. The maximum Gasteiger partial charge on any atom is 0.262 e. The number of hydrogen-bond acceptors (Lipinski definition) is 4. The van der Waals surface area contributed by atoms with E-state index in [1.165, 1.54) is 21.9 Å². The van der Waals surface area contributed by atoms with E-state index < -0.39 is 10.0 Å². The van der Waals surface area contributed by atoms with Gasteiger partial charge in [-0.2, -0.15) is 0 Å². The Labute approximate surface area is 125 Å². The quantitative estimate of drug-likeness (QED) is 0.884. The minimum absolute atomic E-state index is 0.120. The lowest BCUT2D eigenvalue weighted by atomic mass is 10.1. The lowest BCUT2D eigenvalue weighted by Crippen LogP contribution is -2.49. The molecule has 1 aromatic heterocycles. The van der Waals surface area contributed by atoms with Crippen LogP contribution in [0.3, 0.4) is 0 Å². The van der Waals surface area contributed by atoms with E-state index in [1.54, 1.807) is 0 Å². The molecule has 0 radical (unpaired) electrons. The van der Waals surface area contributed by atoms with Gasteiger partial charge in [0.2, 0.25) is 10.0 Å². The predicted molar refractivity (Wildman–Crippen MR) is 78.9 cm³/mol. The monoisotopic (exact) mass is 366 g/mol. The molecular formula is C11H15BrN2O3S2. The van der Waals surface area contributed by atoms with Crippen molar-refractivity contribution in [3.05, 3.63) is 20.8 Å². The summed E-state index contributed by atoms with van der Waals surface area (Å²) in [6, 6.07) is 1.70. The topological polar surface area (TPSA) is 66.5 Å². The average molecular weight is 367 g/mol. The molecule has 0 aliphatic carbocycles. The van der Waals surface area contributed by atoms with Crippen LogP contribution in [-0.2, 0) is 10.0 Å². The third-order valence-corrected chi connectivity index (χ3v) is 6.12. The Kier molecular flexibility index (Phi) is 4.65. The van der Waals surface area contributed by atoms with Crippen molar-refractivity contribution >= 4 is 43.2 Å². The first-order valence-corrected chi connectivity index (χ1v) is 9.39. The Hall–Kier alpha value is -0.440. The number of carbonyl (C=O) groups excluding carboxylic acids is 1. The van der Waals surface area contributed by atoms with Gasteiger partial charge in [0.15, 0.2) is 0 Å². The molecule has 1 amide bonds. The smallest absolute Gasteiger partial charge is 0.262 e. The highest BCUT2D eigenvalue weighted by atomic mass is 79.9. The van der Waals surface area contributed by atoms with Crippen molar-refractivity contribution in [3.63, 3.8) is 0 Å². The molecule has 2 heterocycles. The highest BCUT2D eigenvalue weighted by Gasteiger charge is 2.27. The van der Waals surface area contributed by atoms with Crippen LogP contribution in [0.5, 0.6) is 0 Å². The van der Waals surface area contributed by atoms with Gasteiger partial charge < -0.3 is 5.32 Å². The molecule has 5 nitrogen and oxygen atoms in total. The van der Waals surface area contributed by atoms with E-state index in [-0.39, 0.29) is 11.9 Å². The van der Waals surface area contributed by atoms with Crippen LogP contribution in [0.1, 0.15) is 22.5 Å². The molecule has 1 atom stereocenters. The number of hydrogen-bond donors (Lipinski definition) is 1. The zero-order chi connectivity index (χ0) is 14.0. The van der Waals surface area contributed by atoms with E-state index in [4.69, 9.17) is 0 Å². The number of halogens is 1. The van der Waals surface area contributed by atoms with Gasteiger partial charge >= 0.3 is 0 Å². The van der Waals surface area contributed by atoms with Crippen LogP contribution in [0.4, 0.5) is 0 Å². The molecule has 0 saturated carbocycles. The van der Waals surface area contributed by atoms with Gasteiger partial charge in [0.1, 0.15) is 4.88 Å². The van der Waals surface area contributed by atoms with Gasteiger partial charge in [-0.15, -0.1) is 11.3 Å². The number of carbonyl (C=O) groups is 1. The molecule has 1 unspecified atom stereocenters. The highest BCUT2D eigenvalue weighted by molar-refractivity contribution is 9.10. The Balaban J connectivity index is 2.00. The van der Waals surface area contributed by atoms with Gasteiger partial charge in [0, 0.05) is 23.6 Å². The fourth-order valence-electron chi connectivity index (χ4n) is 2.07. The van der Waals surface area contributed by atoms with Crippen LogP contribution in [0.2, 0.25) is 0 Å². The Morgan fingerprint density at radius 3 is 2.89 bits per heavy atom. The number of rotatable bonds is 3. The zero-order valence-corrected chi connectivity index (χ0v) is 13.6. The number of thiophene rings is 1. The van der Waals surface area contributed by atoms with Crippen LogP contribution in [0.25, 0.3) is 0 Å². The molecule has 0 bridgehead atoms. The molecule has 19 heavy (non-hydrogen) atoms. The van der Waals surface area contributed by atoms with E-state index >= 15 is 0 Å². The number of nitrogens with one attached hydrogen (secondary N) is 1. The summed E-state index contributed by atoms with van der Waals surface area (Å²) in [5, 5.41) is 4.74. The summed E-state index contributed by atoms with van der Waals surface area (Å²) in [6.07, 6.45) is 2.78. The van der Waals surface area contributed by atoms with Gasteiger partial charge in [0.25, 0.3) is 5.91 Å².